The summed E-state index contributed by atoms with van der Waals surface area (Å²) in [5.41, 5.74) is 0.863. The maximum absolute atomic E-state index is 12.1. The summed E-state index contributed by atoms with van der Waals surface area (Å²) in [5.74, 6) is 0.425. The van der Waals surface area contributed by atoms with E-state index in [-0.39, 0.29) is 12.7 Å². The number of thiophene rings is 1. The first-order valence-electron chi connectivity index (χ1n) is 7.26. The highest BCUT2D eigenvalue weighted by Crippen LogP contribution is 2.33. The van der Waals surface area contributed by atoms with Crippen molar-refractivity contribution in [1.82, 2.24) is 5.32 Å². The molecular weight excluding hydrogens is 478 g/mol. The van der Waals surface area contributed by atoms with Crippen LogP contribution in [0.15, 0.2) is 32.5 Å². The number of benzene rings is 1. The van der Waals surface area contributed by atoms with Gasteiger partial charge in [0.25, 0.3) is 5.91 Å². The lowest BCUT2D eigenvalue weighted by atomic mass is 10.2. The molecule has 1 aliphatic rings. The summed E-state index contributed by atoms with van der Waals surface area (Å²) in [5, 5.41) is 2.74. The molecule has 0 aliphatic carbocycles. The van der Waals surface area contributed by atoms with Crippen molar-refractivity contribution in [2.24, 2.45) is 0 Å². The van der Waals surface area contributed by atoms with Crippen molar-refractivity contribution >= 4 is 55.1 Å². The fourth-order valence-corrected chi connectivity index (χ4v) is 4.02. The molecule has 6 nitrogen and oxygen atoms in total. The Morgan fingerprint density at radius 3 is 2.76 bits per heavy atom. The van der Waals surface area contributed by atoms with Gasteiger partial charge in [-0.1, -0.05) is 6.07 Å². The molecule has 25 heavy (non-hydrogen) atoms. The first-order chi connectivity index (χ1) is 11.9. The molecule has 0 unspecified atom stereocenters. The van der Waals surface area contributed by atoms with Crippen LogP contribution in [0, 0.1) is 0 Å². The molecule has 0 bridgehead atoms. The normalized spacial score (nSPS) is 13.4. The summed E-state index contributed by atoms with van der Waals surface area (Å²) in [6, 6.07) is 7.08. The van der Waals surface area contributed by atoms with Gasteiger partial charge in [-0.3, -0.25) is 4.79 Å². The number of ether oxygens (including phenoxy) is 3. The van der Waals surface area contributed by atoms with Gasteiger partial charge in [-0.05, 0) is 62.5 Å². The Balaban J connectivity index is 1.53. The molecule has 0 radical (unpaired) electrons. The van der Waals surface area contributed by atoms with Gasteiger partial charge in [-0.15, -0.1) is 11.3 Å². The van der Waals surface area contributed by atoms with E-state index in [1.807, 2.05) is 6.07 Å². The molecule has 1 aromatic carbocycles. The van der Waals surface area contributed by atoms with Gasteiger partial charge in [0, 0.05) is 11.0 Å². The minimum atomic E-state index is -0.902. The number of carbonyl (C=O) groups excluding carboxylic acids is 2. The van der Waals surface area contributed by atoms with E-state index in [0.29, 0.717) is 22.9 Å². The van der Waals surface area contributed by atoms with Gasteiger partial charge in [0.1, 0.15) is 4.88 Å². The quantitative estimate of drug-likeness (QED) is 0.644. The molecule has 0 spiro atoms. The van der Waals surface area contributed by atoms with Gasteiger partial charge in [-0.25, -0.2) is 4.79 Å². The van der Waals surface area contributed by atoms with Gasteiger partial charge in [0.15, 0.2) is 17.6 Å². The minimum Gasteiger partial charge on any atom is -0.454 e. The third-order valence-electron chi connectivity index (χ3n) is 3.40. The van der Waals surface area contributed by atoms with Gasteiger partial charge < -0.3 is 19.5 Å². The number of rotatable bonds is 5. The standard InChI is InChI=1S/C16H13Br2NO5S/c1-8(24-16(21)13-5-10(17)14(18)25-13)15(20)19-6-9-2-3-11-12(4-9)23-7-22-11/h2-5,8H,6-7H2,1H3,(H,19,20)/t8-/m0/s1. The molecule has 1 aliphatic heterocycles. The third-order valence-corrected chi connectivity index (χ3v) is 6.64. The Labute approximate surface area is 164 Å². The van der Waals surface area contributed by atoms with Gasteiger partial charge >= 0.3 is 5.97 Å². The highest BCUT2D eigenvalue weighted by Gasteiger charge is 2.21. The van der Waals surface area contributed by atoms with Gasteiger partial charge in [0.05, 0.1) is 3.79 Å². The van der Waals surface area contributed by atoms with Crippen LogP contribution in [0.5, 0.6) is 11.5 Å². The number of amides is 1. The van der Waals surface area contributed by atoms with Crippen LogP contribution in [0.3, 0.4) is 0 Å². The number of esters is 1. The summed E-state index contributed by atoms with van der Waals surface area (Å²) >= 11 is 7.86. The van der Waals surface area contributed by atoms with Crippen molar-refractivity contribution < 1.29 is 23.8 Å². The zero-order valence-corrected chi connectivity index (χ0v) is 17.0. The molecule has 2 aromatic rings. The molecule has 1 atom stereocenters. The van der Waals surface area contributed by atoms with Gasteiger partial charge in [-0.2, -0.15) is 0 Å². The van der Waals surface area contributed by atoms with Crippen LogP contribution < -0.4 is 14.8 Å². The van der Waals surface area contributed by atoms with Crippen LogP contribution >= 0.6 is 43.2 Å². The largest absolute Gasteiger partial charge is 0.454 e. The van der Waals surface area contributed by atoms with E-state index in [4.69, 9.17) is 14.2 Å². The smallest absolute Gasteiger partial charge is 0.349 e. The Bertz CT molecular complexity index is 803. The van der Waals surface area contributed by atoms with E-state index in [1.54, 1.807) is 18.2 Å². The fraction of sp³-hybridized carbons (Fsp3) is 0.250. The minimum absolute atomic E-state index is 0.201. The molecule has 0 saturated carbocycles. The Morgan fingerprint density at radius 1 is 1.28 bits per heavy atom. The summed E-state index contributed by atoms with van der Waals surface area (Å²) in [7, 11) is 0. The fourth-order valence-electron chi connectivity index (χ4n) is 2.10. The second-order valence-corrected chi connectivity index (χ2v) is 8.41. The van der Waals surface area contributed by atoms with Crippen molar-refractivity contribution in [3.05, 3.63) is 43.0 Å². The zero-order chi connectivity index (χ0) is 18.0. The van der Waals surface area contributed by atoms with Crippen LogP contribution in [0.2, 0.25) is 0 Å². The zero-order valence-electron chi connectivity index (χ0n) is 13.0. The average molecular weight is 491 g/mol. The highest BCUT2D eigenvalue weighted by molar-refractivity contribution is 9.13. The summed E-state index contributed by atoms with van der Waals surface area (Å²) < 4.78 is 17.3. The predicted octanol–water partition coefficient (Wildman–Crippen LogP) is 3.86. The lowest BCUT2D eigenvalue weighted by Gasteiger charge is -2.13. The van der Waals surface area contributed by atoms with Crippen molar-refractivity contribution in [1.29, 1.82) is 0 Å². The van der Waals surface area contributed by atoms with E-state index in [1.165, 1.54) is 18.3 Å². The van der Waals surface area contributed by atoms with E-state index >= 15 is 0 Å². The lowest BCUT2D eigenvalue weighted by molar-refractivity contribution is -0.129. The SMILES string of the molecule is C[C@H](OC(=O)c1cc(Br)c(Br)s1)C(=O)NCc1ccc2c(c1)OCO2. The molecule has 2 heterocycles. The summed E-state index contributed by atoms with van der Waals surface area (Å²) in [6.45, 7) is 2.03. The third kappa shape index (κ3) is 4.34. The molecule has 1 aromatic heterocycles. The maximum atomic E-state index is 12.1. The first kappa shape index (κ1) is 18.2. The number of hydrogen-bond acceptors (Lipinski definition) is 6. The molecule has 9 heteroatoms. The molecule has 3 rings (SSSR count). The molecule has 0 saturated heterocycles. The summed E-state index contributed by atoms with van der Waals surface area (Å²) in [6.07, 6.45) is -0.902. The topological polar surface area (TPSA) is 73.9 Å². The second-order valence-electron chi connectivity index (χ2n) is 5.19. The number of carbonyl (C=O) groups is 2. The average Bonchev–Trinajstić information content (AvgIpc) is 3.18. The van der Waals surface area contributed by atoms with Gasteiger partial charge in [0.2, 0.25) is 6.79 Å². The first-order valence-corrected chi connectivity index (χ1v) is 9.66. The molecule has 1 N–H and O–H groups in total. The maximum Gasteiger partial charge on any atom is 0.349 e. The van der Waals surface area contributed by atoms with Crippen LogP contribution in [0.4, 0.5) is 0 Å². The van der Waals surface area contributed by atoms with Crippen LogP contribution in [-0.4, -0.2) is 24.8 Å². The number of hydrogen-bond donors (Lipinski definition) is 1. The van der Waals surface area contributed by atoms with Crippen LogP contribution in [-0.2, 0) is 16.1 Å². The number of halogens is 2. The molecule has 132 valence electrons. The molecule has 0 fully saturated rings. The number of fused-ring (bicyclic) bond motifs is 1. The van der Waals surface area contributed by atoms with E-state index in [2.05, 4.69) is 37.2 Å². The predicted molar refractivity (Wildman–Crippen MR) is 99.0 cm³/mol. The second kappa shape index (κ2) is 7.76. The van der Waals surface area contributed by atoms with Crippen molar-refractivity contribution in [3.63, 3.8) is 0 Å². The molecule has 1 amide bonds. The lowest BCUT2D eigenvalue weighted by Crippen LogP contribution is -2.35. The monoisotopic (exact) mass is 489 g/mol. The highest BCUT2D eigenvalue weighted by atomic mass is 79.9. The van der Waals surface area contributed by atoms with Crippen LogP contribution in [0.1, 0.15) is 22.2 Å². The number of nitrogens with one attached hydrogen (secondary N) is 1. The molecular formula is C16H13Br2NO5S. The van der Waals surface area contributed by atoms with Crippen molar-refractivity contribution in [2.75, 3.05) is 6.79 Å². The Hall–Kier alpha value is -1.58. The Kier molecular flexibility index (Phi) is 5.65. The van der Waals surface area contributed by atoms with Crippen LogP contribution in [0.25, 0.3) is 0 Å². The van der Waals surface area contributed by atoms with E-state index < -0.39 is 12.1 Å². The van der Waals surface area contributed by atoms with E-state index in [9.17, 15) is 9.59 Å². The van der Waals surface area contributed by atoms with Crippen molar-refractivity contribution in [3.8, 4) is 11.5 Å². The Morgan fingerprint density at radius 2 is 2.04 bits per heavy atom. The van der Waals surface area contributed by atoms with E-state index in [0.717, 1.165) is 13.8 Å². The van der Waals surface area contributed by atoms with Crippen molar-refractivity contribution in [2.45, 2.75) is 19.6 Å². The summed E-state index contributed by atoms with van der Waals surface area (Å²) in [4.78, 5) is 24.6.